The predicted octanol–water partition coefficient (Wildman–Crippen LogP) is 2.18. The summed E-state index contributed by atoms with van der Waals surface area (Å²) in [4.78, 5) is 0. The highest BCUT2D eigenvalue weighted by Gasteiger charge is 2.35. The maximum absolute atomic E-state index is 5.78. The number of hydrogen-bond acceptors (Lipinski definition) is 2. The summed E-state index contributed by atoms with van der Waals surface area (Å²) in [5, 5.41) is 0. The van der Waals surface area contributed by atoms with Crippen molar-refractivity contribution in [2.24, 2.45) is 16.6 Å². The third-order valence-electron chi connectivity index (χ3n) is 2.71. The first kappa shape index (κ1) is 11.0. The highest BCUT2D eigenvalue weighted by Crippen LogP contribution is 2.40. The van der Waals surface area contributed by atoms with Crippen LogP contribution in [0, 0.1) is 10.8 Å². The summed E-state index contributed by atoms with van der Waals surface area (Å²) in [5.74, 6) is 0. The molecule has 0 bridgehead atoms. The SMILES string of the molecule is CC1(C)CO[C@@H](CN)CC(C)(C)C1. The van der Waals surface area contributed by atoms with E-state index < -0.39 is 0 Å². The van der Waals surface area contributed by atoms with Gasteiger partial charge in [0.15, 0.2) is 0 Å². The molecule has 1 saturated heterocycles. The van der Waals surface area contributed by atoms with Crippen molar-refractivity contribution in [1.29, 1.82) is 0 Å². The summed E-state index contributed by atoms with van der Waals surface area (Å²) >= 11 is 0. The molecule has 1 aliphatic heterocycles. The van der Waals surface area contributed by atoms with Gasteiger partial charge in [0.2, 0.25) is 0 Å². The van der Waals surface area contributed by atoms with Crippen LogP contribution in [-0.4, -0.2) is 19.3 Å². The van der Waals surface area contributed by atoms with Crippen LogP contribution in [0.3, 0.4) is 0 Å². The van der Waals surface area contributed by atoms with Crippen LogP contribution in [0.1, 0.15) is 40.5 Å². The van der Waals surface area contributed by atoms with Crippen LogP contribution >= 0.6 is 0 Å². The zero-order valence-electron chi connectivity index (χ0n) is 9.39. The minimum absolute atomic E-state index is 0.261. The Morgan fingerprint density at radius 3 is 2.38 bits per heavy atom. The van der Waals surface area contributed by atoms with E-state index in [0.29, 0.717) is 17.4 Å². The van der Waals surface area contributed by atoms with E-state index in [0.717, 1.165) is 13.0 Å². The Bertz CT molecular complexity index is 175. The Morgan fingerprint density at radius 2 is 1.85 bits per heavy atom. The molecule has 0 spiro atoms. The zero-order valence-corrected chi connectivity index (χ0v) is 9.39. The van der Waals surface area contributed by atoms with Gasteiger partial charge in [0, 0.05) is 6.54 Å². The molecule has 0 radical (unpaired) electrons. The van der Waals surface area contributed by atoms with Gasteiger partial charge in [-0.3, -0.25) is 0 Å². The second kappa shape index (κ2) is 3.58. The van der Waals surface area contributed by atoms with Crippen LogP contribution in [0.25, 0.3) is 0 Å². The highest BCUT2D eigenvalue weighted by atomic mass is 16.5. The summed E-state index contributed by atoms with van der Waals surface area (Å²) in [6, 6.07) is 0. The fourth-order valence-electron chi connectivity index (χ4n) is 2.59. The van der Waals surface area contributed by atoms with Gasteiger partial charge in [-0.2, -0.15) is 0 Å². The predicted molar refractivity (Wildman–Crippen MR) is 55.6 cm³/mol. The normalized spacial score (nSPS) is 32.5. The van der Waals surface area contributed by atoms with Crippen molar-refractivity contribution in [3.63, 3.8) is 0 Å². The maximum Gasteiger partial charge on any atom is 0.0702 e. The molecule has 1 rings (SSSR count). The monoisotopic (exact) mass is 185 g/mol. The second-order valence-corrected chi connectivity index (χ2v) is 5.88. The molecule has 13 heavy (non-hydrogen) atoms. The van der Waals surface area contributed by atoms with Gasteiger partial charge in [0.1, 0.15) is 0 Å². The Morgan fingerprint density at radius 1 is 1.23 bits per heavy atom. The standard InChI is InChI=1S/C11H23NO/c1-10(2)5-9(6-12)13-8-11(3,4)7-10/h9H,5-8,12H2,1-4H3/t9-/m1/s1. The molecule has 0 unspecified atom stereocenters. The third-order valence-corrected chi connectivity index (χ3v) is 2.71. The average molecular weight is 185 g/mol. The fourth-order valence-corrected chi connectivity index (χ4v) is 2.59. The summed E-state index contributed by atoms with van der Waals surface area (Å²) in [6.45, 7) is 10.7. The van der Waals surface area contributed by atoms with Gasteiger partial charge in [0.05, 0.1) is 12.7 Å². The van der Waals surface area contributed by atoms with Crippen molar-refractivity contribution in [2.75, 3.05) is 13.2 Å². The molecule has 0 aromatic rings. The first-order chi connectivity index (χ1) is 5.85. The van der Waals surface area contributed by atoms with Crippen molar-refractivity contribution in [3.8, 4) is 0 Å². The van der Waals surface area contributed by atoms with Crippen molar-refractivity contribution < 1.29 is 4.74 Å². The fraction of sp³-hybridized carbons (Fsp3) is 1.00. The van der Waals surface area contributed by atoms with E-state index in [1.165, 1.54) is 6.42 Å². The molecule has 0 aromatic heterocycles. The van der Waals surface area contributed by atoms with Crippen LogP contribution < -0.4 is 5.73 Å². The summed E-state index contributed by atoms with van der Waals surface area (Å²) in [7, 11) is 0. The quantitative estimate of drug-likeness (QED) is 0.679. The molecule has 2 nitrogen and oxygen atoms in total. The van der Waals surface area contributed by atoms with Gasteiger partial charge in [0.25, 0.3) is 0 Å². The lowest BCUT2D eigenvalue weighted by molar-refractivity contribution is 0.0219. The van der Waals surface area contributed by atoms with E-state index in [-0.39, 0.29) is 6.10 Å². The van der Waals surface area contributed by atoms with E-state index in [4.69, 9.17) is 10.5 Å². The minimum Gasteiger partial charge on any atom is -0.376 e. The largest absolute Gasteiger partial charge is 0.376 e. The van der Waals surface area contributed by atoms with Crippen molar-refractivity contribution in [2.45, 2.75) is 46.6 Å². The average Bonchev–Trinajstić information content (AvgIpc) is 2.04. The molecular weight excluding hydrogens is 162 g/mol. The van der Waals surface area contributed by atoms with Crippen LogP contribution in [0.15, 0.2) is 0 Å². The van der Waals surface area contributed by atoms with Crippen molar-refractivity contribution in [3.05, 3.63) is 0 Å². The number of rotatable bonds is 1. The highest BCUT2D eigenvalue weighted by molar-refractivity contribution is 4.85. The zero-order chi connectivity index (χ0) is 10.1. The number of hydrogen-bond donors (Lipinski definition) is 1. The number of ether oxygens (including phenoxy) is 1. The van der Waals surface area contributed by atoms with Gasteiger partial charge in [-0.25, -0.2) is 0 Å². The van der Waals surface area contributed by atoms with Crippen LogP contribution in [0.2, 0.25) is 0 Å². The molecular formula is C11H23NO. The molecule has 0 amide bonds. The summed E-state index contributed by atoms with van der Waals surface area (Å²) < 4.78 is 5.78. The lowest BCUT2D eigenvalue weighted by Gasteiger charge is -2.30. The van der Waals surface area contributed by atoms with Crippen LogP contribution in [0.5, 0.6) is 0 Å². The first-order valence-corrected chi connectivity index (χ1v) is 5.16. The molecule has 2 heteroatoms. The third kappa shape index (κ3) is 3.28. The van der Waals surface area contributed by atoms with Crippen LogP contribution in [-0.2, 0) is 4.74 Å². The topological polar surface area (TPSA) is 35.2 Å². The molecule has 0 saturated carbocycles. The molecule has 1 fully saturated rings. The summed E-state index contributed by atoms with van der Waals surface area (Å²) in [6.07, 6.45) is 2.57. The first-order valence-electron chi connectivity index (χ1n) is 5.16. The van der Waals surface area contributed by atoms with Gasteiger partial charge < -0.3 is 10.5 Å². The van der Waals surface area contributed by atoms with Gasteiger partial charge in [-0.1, -0.05) is 27.7 Å². The minimum atomic E-state index is 0.261. The number of nitrogens with two attached hydrogens (primary N) is 1. The molecule has 1 atom stereocenters. The Hall–Kier alpha value is -0.0800. The molecule has 1 heterocycles. The Balaban J connectivity index is 2.69. The van der Waals surface area contributed by atoms with E-state index >= 15 is 0 Å². The van der Waals surface area contributed by atoms with Crippen LogP contribution in [0.4, 0.5) is 0 Å². The van der Waals surface area contributed by atoms with E-state index in [9.17, 15) is 0 Å². The van der Waals surface area contributed by atoms with E-state index in [1.54, 1.807) is 0 Å². The molecule has 1 aliphatic rings. The van der Waals surface area contributed by atoms with Gasteiger partial charge in [-0.15, -0.1) is 0 Å². The lowest BCUT2D eigenvalue weighted by Crippen LogP contribution is -2.27. The lowest BCUT2D eigenvalue weighted by atomic mass is 9.74. The van der Waals surface area contributed by atoms with Crippen molar-refractivity contribution in [1.82, 2.24) is 0 Å². The Kier molecular flexibility index (Phi) is 3.03. The molecule has 78 valence electrons. The van der Waals surface area contributed by atoms with E-state index in [2.05, 4.69) is 27.7 Å². The summed E-state index contributed by atoms with van der Waals surface area (Å²) in [5.41, 5.74) is 6.32. The molecule has 0 aromatic carbocycles. The molecule has 0 aliphatic carbocycles. The molecule has 2 N–H and O–H groups in total. The van der Waals surface area contributed by atoms with Crippen molar-refractivity contribution >= 4 is 0 Å². The smallest absolute Gasteiger partial charge is 0.0702 e. The second-order valence-electron chi connectivity index (χ2n) is 5.88. The maximum atomic E-state index is 5.78. The van der Waals surface area contributed by atoms with Gasteiger partial charge in [-0.05, 0) is 23.7 Å². The van der Waals surface area contributed by atoms with E-state index in [1.807, 2.05) is 0 Å². The van der Waals surface area contributed by atoms with Gasteiger partial charge >= 0.3 is 0 Å². The Labute approximate surface area is 81.8 Å².